The molecule has 0 bridgehead atoms. The van der Waals surface area contributed by atoms with Crippen molar-refractivity contribution in [3.05, 3.63) is 52.6 Å². The number of hydrogen-bond acceptors (Lipinski definition) is 1. The number of hydrogen-bond donors (Lipinski definition) is 1. The van der Waals surface area contributed by atoms with E-state index >= 15 is 0 Å². The number of carbonyl (C=O) groups is 1. The van der Waals surface area contributed by atoms with Crippen LogP contribution in [0.5, 0.6) is 0 Å². The summed E-state index contributed by atoms with van der Waals surface area (Å²) in [6.45, 7) is 0. The number of carbonyl (C=O) groups excluding carboxylic acids is 1. The van der Waals surface area contributed by atoms with Gasteiger partial charge in [0.1, 0.15) is 0 Å². The standard InChI is InChI=1S/C20H22ClNO/c21-16-6-8-17(9-7-16)22-20(23)18-10-5-15(11-13-1-2-13)19(18)12-14-3-4-14/h6-9,11-14,18H,1-5,10H2,(H,22,23). The van der Waals surface area contributed by atoms with Crippen LogP contribution in [0, 0.1) is 17.8 Å². The third-order valence-corrected chi connectivity index (χ3v) is 5.22. The molecule has 0 spiro atoms. The van der Waals surface area contributed by atoms with Crippen molar-refractivity contribution in [2.45, 2.75) is 38.5 Å². The zero-order valence-corrected chi connectivity index (χ0v) is 14.0. The zero-order valence-electron chi connectivity index (χ0n) is 13.2. The van der Waals surface area contributed by atoms with Gasteiger partial charge in [-0.3, -0.25) is 4.79 Å². The maximum Gasteiger partial charge on any atom is 0.231 e. The summed E-state index contributed by atoms with van der Waals surface area (Å²) < 4.78 is 0. The first-order valence-corrected chi connectivity index (χ1v) is 9.06. The van der Waals surface area contributed by atoms with E-state index in [0.717, 1.165) is 24.4 Å². The highest BCUT2D eigenvalue weighted by Gasteiger charge is 2.34. The molecule has 0 heterocycles. The fourth-order valence-electron chi connectivity index (χ4n) is 3.33. The van der Waals surface area contributed by atoms with Crippen molar-refractivity contribution in [3.8, 4) is 0 Å². The van der Waals surface area contributed by atoms with Gasteiger partial charge in [0.25, 0.3) is 0 Å². The summed E-state index contributed by atoms with van der Waals surface area (Å²) in [4.78, 5) is 12.7. The van der Waals surface area contributed by atoms with Crippen molar-refractivity contribution in [1.82, 2.24) is 0 Å². The highest BCUT2D eigenvalue weighted by Crippen LogP contribution is 2.44. The average molecular weight is 328 g/mol. The first-order chi connectivity index (χ1) is 11.2. The Kier molecular flexibility index (Phi) is 4.02. The first-order valence-electron chi connectivity index (χ1n) is 8.68. The molecule has 23 heavy (non-hydrogen) atoms. The van der Waals surface area contributed by atoms with Crippen LogP contribution >= 0.6 is 11.6 Å². The van der Waals surface area contributed by atoms with Crippen molar-refractivity contribution in [2.75, 3.05) is 5.32 Å². The van der Waals surface area contributed by atoms with Gasteiger partial charge in [-0.25, -0.2) is 0 Å². The molecule has 4 rings (SSSR count). The van der Waals surface area contributed by atoms with E-state index in [1.165, 1.54) is 36.8 Å². The van der Waals surface area contributed by atoms with Crippen LogP contribution < -0.4 is 5.32 Å². The van der Waals surface area contributed by atoms with Crippen LogP contribution in [0.15, 0.2) is 47.6 Å². The molecule has 3 aliphatic rings. The van der Waals surface area contributed by atoms with E-state index in [9.17, 15) is 4.79 Å². The molecule has 1 unspecified atom stereocenters. The average Bonchev–Trinajstić information content (AvgIpc) is 3.43. The predicted octanol–water partition coefficient (Wildman–Crippen LogP) is 5.36. The van der Waals surface area contributed by atoms with Crippen LogP contribution in [0.1, 0.15) is 38.5 Å². The molecule has 3 fully saturated rings. The molecule has 1 atom stereocenters. The summed E-state index contributed by atoms with van der Waals surface area (Å²) in [5.74, 6) is 1.61. The SMILES string of the molecule is O=C(Nc1ccc(Cl)cc1)C1CCC(=CC2CC2)C1=CC1CC1. The summed E-state index contributed by atoms with van der Waals surface area (Å²) in [7, 11) is 0. The molecule has 3 heteroatoms. The van der Waals surface area contributed by atoms with Gasteiger partial charge in [-0.1, -0.05) is 23.8 Å². The zero-order chi connectivity index (χ0) is 15.8. The van der Waals surface area contributed by atoms with Crippen molar-refractivity contribution in [3.63, 3.8) is 0 Å². The normalized spacial score (nSPS) is 27.6. The van der Waals surface area contributed by atoms with Crippen molar-refractivity contribution >= 4 is 23.2 Å². The molecule has 3 saturated carbocycles. The largest absolute Gasteiger partial charge is 0.326 e. The van der Waals surface area contributed by atoms with E-state index < -0.39 is 0 Å². The Morgan fingerprint density at radius 3 is 2.30 bits per heavy atom. The van der Waals surface area contributed by atoms with Crippen LogP contribution in [0.2, 0.25) is 5.02 Å². The third-order valence-electron chi connectivity index (χ3n) is 4.97. The van der Waals surface area contributed by atoms with Gasteiger partial charge in [0.2, 0.25) is 5.91 Å². The van der Waals surface area contributed by atoms with Gasteiger partial charge in [-0.15, -0.1) is 0 Å². The predicted molar refractivity (Wildman–Crippen MR) is 94.4 cm³/mol. The molecule has 1 aromatic carbocycles. The first kappa shape index (κ1) is 15.0. The van der Waals surface area contributed by atoms with E-state index in [2.05, 4.69) is 17.5 Å². The van der Waals surface area contributed by atoms with Crippen molar-refractivity contribution in [2.24, 2.45) is 17.8 Å². The second-order valence-corrected chi connectivity index (χ2v) is 7.51. The molecule has 1 amide bonds. The van der Waals surface area contributed by atoms with Gasteiger partial charge < -0.3 is 5.32 Å². The lowest BCUT2D eigenvalue weighted by Gasteiger charge is -2.14. The lowest BCUT2D eigenvalue weighted by molar-refractivity contribution is -0.118. The lowest BCUT2D eigenvalue weighted by atomic mass is 9.97. The van der Waals surface area contributed by atoms with Crippen molar-refractivity contribution in [1.29, 1.82) is 0 Å². The van der Waals surface area contributed by atoms with Gasteiger partial charge >= 0.3 is 0 Å². The number of halogens is 1. The fraction of sp³-hybridized carbons (Fsp3) is 0.450. The summed E-state index contributed by atoms with van der Waals surface area (Å²) in [5.41, 5.74) is 3.58. The number of allylic oxidation sites excluding steroid dienone is 3. The minimum absolute atomic E-state index is 0.0104. The van der Waals surface area contributed by atoms with Gasteiger partial charge in [-0.05, 0) is 85.8 Å². The van der Waals surface area contributed by atoms with Crippen LogP contribution in [0.3, 0.4) is 0 Å². The lowest BCUT2D eigenvalue weighted by Crippen LogP contribution is -2.22. The summed E-state index contributed by atoms with van der Waals surface area (Å²) >= 11 is 5.91. The Balaban J connectivity index is 1.52. The monoisotopic (exact) mass is 327 g/mol. The van der Waals surface area contributed by atoms with E-state index in [1.54, 1.807) is 0 Å². The topological polar surface area (TPSA) is 29.1 Å². The minimum Gasteiger partial charge on any atom is -0.326 e. The smallest absolute Gasteiger partial charge is 0.231 e. The van der Waals surface area contributed by atoms with Gasteiger partial charge in [0.15, 0.2) is 0 Å². The van der Waals surface area contributed by atoms with Crippen LogP contribution in [0.4, 0.5) is 5.69 Å². The molecule has 0 aromatic heterocycles. The highest BCUT2D eigenvalue weighted by molar-refractivity contribution is 6.30. The van der Waals surface area contributed by atoms with E-state index in [0.29, 0.717) is 10.9 Å². The van der Waals surface area contributed by atoms with Gasteiger partial charge in [-0.2, -0.15) is 0 Å². The number of benzene rings is 1. The molecular formula is C20H22ClNO. The molecule has 3 aliphatic carbocycles. The minimum atomic E-state index is 0.0104. The van der Waals surface area contributed by atoms with E-state index in [-0.39, 0.29) is 11.8 Å². The molecule has 120 valence electrons. The summed E-state index contributed by atoms with van der Waals surface area (Å²) in [6.07, 6.45) is 12.0. The number of rotatable bonds is 4. The Labute approximate surface area is 142 Å². The maximum absolute atomic E-state index is 12.7. The number of anilines is 1. The van der Waals surface area contributed by atoms with Gasteiger partial charge in [0, 0.05) is 10.7 Å². The molecule has 2 nitrogen and oxygen atoms in total. The molecule has 0 saturated heterocycles. The van der Waals surface area contributed by atoms with E-state index in [4.69, 9.17) is 11.6 Å². The molecule has 0 aliphatic heterocycles. The Morgan fingerprint density at radius 1 is 1.00 bits per heavy atom. The van der Waals surface area contributed by atoms with Crippen LogP contribution in [-0.2, 0) is 4.79 Å². The molecule has 1 N–H and O–H groups in total. The summed E-state index contributed by atoms with van der Waals surface area (Å²) in [6, 6.07) is 7.34. The molecular weight excluding hydrogens is 306 g/mol. The molecule has 0 radical (unpaired) electrons. The van der Waals surface area contributed by atoms with Crippen LogP contribution in [0.25, 0.3) is 0 Å². The summed E-state index contributed by atoms with van der Waals surface area (Å²) in [5, 5.41) is 3.75. The van der Waals surface area contributed by atoms with E-state index in [1.807, 2.05) is 24.3 Å². The second-order valence-electron chi connectivity index (χ2n) is 7.08. The molecule has 1 aromatic rings. The fourth-order valence-corrected chi connectivity index (χ4v) is 3.45. The Hall–Kier alpha value is -1.54. The Bertz CT molecular complexity index is 665. The van der Waals surface area contributed by atoms with Gasteiger partial charge in [0.05, 0.1) is 5.92 Å². The number of amides is 1. The second kappa shape index (κ2) is 6.16. The number of nitrogens with one attached hydrogen (secondary N) is 1. The third kappa shape index (κ3) is 3.69. The van der Waals surface area contributed by atoms with Crippen molar-refractivity contribution < 1.29 is 4.79 Å². The Morgan fingerprint density at radius 2 is 1.65 bits per heavy atom. The van der Waals surface area contributed by atoms with Crippen LogP contribution in [-0.4, -0.2) is 5.91 Å². The highest BCUT2D eigenvalue weighted by atomic mass is 35.5. The maximum atomic E-state index is 12.7. The quantitative estimate of drug-likeness (QED) is 0.792.